The number of piperidine rings is 1. The number of nitrogens with one attached hydrogen (secondary N) is 2. The number of ether oxygens (including phenoxy) is 2. The number of halogens is 1. The zero-order chi connectivity index (χ0) is 21.2. The van der Waals surface area contributed by atoms with Gasteiger partial charge >= 0.3 is 6.09 Å². The molecule has 1 amide bonds. The van der Waals surface area contributed by atoms with Gasteiger partial charge < -0.3 is 25.0 Å². The van der Waals surface area contributed by atoms with E-state index in [1.807, 2.05) is 6.92 Å². The summed E-state index contributed by atoms with van der Waals surface area (Å²) in [6.07, 6.45) is 1.55. The summed E-state index contributed by atoms with van der Waals surface area (Å²) in [5, 5.41) is 6.96. The summed E-state index contributed by atoms with van der Waals surface area (Å²) >= 11 is 0. The number of amides is 1. The van der Waals surface area contributed by atoms with Crippen molar-refractivity contribution >= 4 is 36.0 Å². The predicted octanol–water partition coefficient (Wildman–Crippen LogP) is 2.42. The van der Waals surface area contributed by atoms with E-state index in [-0.39, 0.29) is 30.1 Å². The van der Waals surface area contributed by atoms with Crippen LogP contribution in [0.2, 0.25) is 0 Å². The molecule has 31 heavy (non-hydrogen) atoms. The fraction of sp³-hybridized carbons (Fsp3) is 0.636. The number of guanidine groups is 1. The molecule has 0 bridgehead atoms. The van der Waals surface area contributed by atoms with E-state index in [1.165, 1.54) is 11.1 Å². The Balaban J connectivity index is 0.00000341. The minimum absolute atomic E-state index is 0. The van der Waals surface area contributed by atoms with Gasteiger partial charge in [0.2, 0.25) is 0 Å². The third-order valence-corrected chi connectivity index (χ3v) is 5.65. The minimum Gasteiger partial charge on any atom is -0.450 e. The van der Waals surface area contributed by atoms with Crippen molar-refractivity contribution in [3.63, 3.8) is 0 Å². The topological polar surface area (TPSA) is 78.4 Å². The van der Waals surface area contributed by atoms with Crippen molar-refractivity contribution in [1.82, 2.24) is 20.4 Å². The zero-order valence-corrected chi connectivity index (χ0v) is 21.0. The quantitative estimate of drug-likeness (QED) is 0.325. The molecule has 1 aromatic rings. The van der Waals surface area contributed by atoms with Crippen LogP contribution in [0.15, 0.2) is 29.3 Å². The van der Waals surface area contributed by atoms with Crippen LogP contribution >= 0.6 is 24.0 Å². The summed E-state index contributed by atoms with van der Waals surface area (Å²) in [5.41, 5.74) is 2.62. The van der Waals surface area contributed by atoms with Crippen LogP contribution in [0.25, 0.3) is 0 Å². The van der Waals surface area contributed by atoms with E-state index in [0.29, 0.717) is 25.7 Å². The second kappa shape index (κ2) is 13.7. The van der Waals surface area contributed by atoms with Crippen molar-refractivity contribution in [3.05, 3.63) is 35.4 Å². The van der Waals surface area contributed by atoms with E-state index in [9.17, 15) is 4.79 Å². The van der Waals surface area contributed by atoms with Crippen molar-refractivity contribution in [3.8, 4) is 0 Å². The first-order chi connectivity index (χ1) is 14.7. The van der Waals surface area contributed by atoms with Crippen LogP contribution in [-0.2, 0) is 22.6 Å². The fourth-order valence-corrected chi connectivity index (χ4v) is 3.87. The first-order valence-corrected chi connectivity index (χ1v) is 11.0. The smallest absolute Gasteiger partial charge is 0.409 e. The molecule has 2 N–H and O–H groups in total. The lowest BCUT2D eigenvalue weighted by atomic mass is 10.1. The maximum Gasteiger partial charge on any atom is 0.409 e. The first-order valence-electron chi connectivity index (χ1n) is 11.0. The fourth-order valence-electron chi connectivity index (χ4n) is 3.87. The molecule has 0 spiro atoms. The maximum absolute atomic E-state index is 11.9. The molecule has 174 valence electrons. The Morgan fingerprint density at radius 2 is 1.84 bits per heavy atom. The molecule has 1 aromatic carbocycles. The highest BCUT2D eigenvalue weighted by Crippen LogP contribution is 2.14. The van der Waals surface area contributed by atoms with Gasteiger partial charge in [-0.2, -0.15) is 0 Å². The van der Waals surface area contributed by atoms with Crippen LogP contribution < -0.4 is 10.6 Å². The summed E-state index contributed by atoms with van der Waals surface area (Å²) in [4.78, 5) is 20.5. The van der Waals surface area contributed by atoms with Crippen LogP contribution in [0.4, 0.5) is 4.79 Å². The van der Waals surface area contributed by atoms with E-state index in [2.05, 4.69) is 44.8 Å². The molecule has 2 fully saturated rings. The van der Waals surface area contributed by atoms with E-state index >= 15 is 0 Å². The van der Waals surface area contributed by atoms with Crippen LogP contribution in [0.1, 0.15) is 30.9 Å². The number of likely N-dealkylation sites (tertiary alicyclic amines) is 1. The molecule has 2 saturated heterocycles. The standard InChI is InChI=1S/C22H35N5O3.HI/c1-3-30-22(28)27-10-8-20(9-11-27)25-21(23-2)24-16-18-6-4-5-7-19(18)17-26-12-14-29-15-13-26;/h4-7,20H,3,8-17H2,1-2H3,(H2,23,24,25);1H. The van der Waals surface area contributed by atoms with Crippen LogP contribution in [0.5, 0.6) is 0 Å². The van der Waals surface area contributed by atoms with Crippen molar-refractivity contribution in [1.29, 1.82) is 0 Å². The molecular formula is C22H36IN5O3. The molecule has 3 rings (SSSR count). The molecule has 0 atom stereocenters. The number of hydrogen-bond acceptors (Lipinski definition) is 5. The Morgan fingerprint density at radius 1 is 1.16 bits per heavy atom. The molecule has 2 aliphatic rings. The number of aliphatic imine (C=N–C) groups is 1. The molecule has 8 nitrogen and oxygen atoms in total. The maximum atomic E-state index is 11.9. The monoisotopic (exact) mass is 545 g/mol. The minimum atomic E-state index is -0.213. The number of carbonyl (C=O) groups is 1. The second-order valence-corrected chi connectivity index (χ2v) is 7.69. The highest BCUT2D eigenvalue weighted by molar-refractivity contribution is 14.0. The molecule has 0 aromatic heterocycles. The summed E-state index contributed by atoms with van der Waals surface area (Å²) in [5.74, 6) is 0.797. The van der Waals surface area contributed by atoms with Crippen molar-refractivity contribution in [2.45, 2.75) is 38.9 Å². The molecule has 9 heteroatoms. The third kappa shape index (κ3) is 8.12. The van der Waals surface area contributed by atoms with E-state index in [4.69, 9.17) is 9.47 Å². The van der Waals surface area contributed by atoms with Crippen molar-refractivity contribution < 1.29 is 14.3 Å². The van der Waals surface area contributed by atoms with Gasteiger partial charge in [-0.1, -0.05) is 24.3 Å². The third-order valence-electron chi connectivity index (χ3n) is 5.65. The normalized spacial score (nSPS) is 18.3. The Labute approximate surface area is 202 Å². The van der Waals surface area contributed by atoms with E-state index in [1.54, 1.807) is 11.9 Å². The number of hydrogen-bond donors (Lipinski definition) is 2. The van der Waals surface area contributed by atoms with Crippen molar-refractivity contribution in [2.75, 3.05) is 53.0 Å². The van der Waals surface area contributed by atoms with Gasteiger partial charge in [-0.3, -0.25) is 9.89 Å². The Bertz CT molecular complexity index is 704. The number of carbonyl (C=O) groups excluding carboxylic acids is 1. The number of rotatable bonds is 6. The Morgan fingerprint density at radius 3 is 2.48 bits per heavy atom. The highest BCUT2D eigenvalue weighted by Gasteiger charge is 2.24. The van der Waals surface area contributed by atoms with Gasteiger partial charge in [0, 0.05) is 52.4 Å². The van der Waals surface area contributed by atoms with E-state index < -0.39 is 0 Å². The molecule has 0 aliphatic carbocycles. The van der Waals surface area contributed by atoms with Crippen LogP contribution in [0, 0.1) is 0 Å². The van der Waals surface area contributed by atoms with Gasteiger partial charge in [-0.25, -0.2) is 4.79 Å². The number of benzene rings is 1. The predicted molar refractivity (Wildman–Crippen MR) is 133 cm³/mol. The van der Waals surface area contributed by atoms with Crippen LogP contribution in [0.3, 0.4) is 0 Å². The van der Waals surface area contributed by atoms with E-state index in [0.717, 1.165) is 58.2 Å². The summed E-state index contributed by atoms with van der Waals surface area (Å²) in [7, 11) is 1.79. The number of nitrogens with zero attached hydrogens (tertiary/aromatic N) is 3. The number of morpholine rings is 1. The molecular weight excluding hydrogens is 509 g/mol. The zero-order valence-electron chi connectivity index (χ0n) is 18.6. The average molecular weight is 545 g/mol. The molecule has 0 saturated carbocycles. The Kier molecular flexibility index (Phi) is 11.4. The summed E-state index contributed by atoms with van der Waals surface area (Å²) < 4.78 is 10.6. The van der Waals surface area contributed by atoms with Gasteiger partial charge in [0.05, 0.1) is 19.8 Å². The lowest BCUT2D eigenvalue weighted by molar-refractivity contribution is 0.0341. The lowest BCUT2D eigenvalue weighted by Crippen LogP contribution is -2.49. The largest absolute Gasteiger partial charge is 0.450 e. The second-order valence-electron chi connectivity index (χ2n) is 7.69. The lowest BCUT2D eigenvalue weighted by Gasteiger charge is -2.32. The van der Waals surface area contributed by atoms with Gasteiger partial charge in [-0.05, 0) is 30.9 Å². The first kappa shape index (κ1) is 25.7. The molecule has 2 heterocycles. The van der Waals surface area contributed by atoms with Crippen LogP contribution in [-0.4, -0.2) is 80.9 Å². The van der Waals surface area contributed by atoms with Gasteiger partial charge in [0.25, 0.3) is 0 Å². The van der Waals surface area contributed by atoms with Crippen molar-refractivity contribution in [2.24, 2.45) is 4.99 Å². The van der Waals surface area contributed by atoms with Gasteiger partial charge in [0.15, 0.2) is 5.96 Å². The SMILES string of the molecule is CCOC(=O)N1CCC(NC(=NC)NCc2ccccc2CN2CCOCC2)CC1.I. The van der Waals surface area contributed by atoms with Gasteiger partial charge in [-0.15, -0.1) is 24.0 Å². The summed E-state index contributed by atoms with van der Waals surface area (Å²) in [6.45, 7) is 8.91. The molecule has 0 unspecified atom stereocenters. The summed E-state index contributed by atoms with van der Waals surface area (Å²) in [6, 6.07) is 8.86. The average Bonchev–Trinajstić information content (AvgIpc) is 2.79. The molecule has 2 aliphatic heterocycles. The molecule has 0 radical (unpaired) electrons. The van der Waals surface area contributed by atoms with Gasteiger partial charge in [0.1, 0.15) is 0 Å². The Hall–Kier alpha value is -1.59. The highest BCUT2D eigenvalue weighted by atomic mass is 127.